The van der Waals surface area contributed by atoms with Gasteiger partial charge in [0.25, 0.3) is 0 Å². The second kappa shape index (κ2) is 5.87. The molecule has 1 N–H and O–H groups in total. The molecule has 1 aromatic rings. The van der Waals surface area contributed by atoms with Crippen molar-refractivity contribution in [2.24, 2.45) is 5.16 Å². The number of piperazine rings is 1. The minimum Gasteiger partial charge on any atom is -0.411 e. The van der Waals surface area contributed by atoms with Crippen LogP contribution in [0, 0.1) is 0 Å². The number of hydrogen-bond donors (Lipinski definition) is 1. The molecule has 1 heterocycles. The fraction of sp³-hybridized carbons (Fsp3) is 0.500. The lowest BCUT2D eigenvalue weighted by atomic mass is 10.1. The standard InChI is InChI=1S/C14H21N3O/c1-12(15-18)13(2)16-8-10-17(11-9-16)14-6-4-3-5-7-14/h3-7,13,18H,8-11H2,1-2H3/b15-12-/t13-/m0/s1. The van der Waals surface area contributed by atoms with Gasteiger partial charge in [0.1, 0.15) is 0 Å². The Hall–Kier alpha value is -1.55. The third-order valence-corrected chi connectivity index (χ3v) is 3.75. The highest BCUT2D eigenvalue weighted by molar-refractivity contribution is 5.86. The Morgan fingerprint density at radius 2 is 1.78 bits per heavy atom. The Morgan fingerprint density at radius 1 is 1.17 bits per heavy atom. The minimum absolute atomic E-state index is 0.216. The predicted octanol–water partition coefficient (Wildman–Crippen LogP) is 2.05. The smallest absolute Gasteiger partial charge is 0.0708 e. The summed E-state index contributed by atoms with van der Waals surface area (Å²) in [6.45, 7) is 8.01. The van der Waals surface area contributed by atoms with Crippen LogP contribution < -0.4 is 4.90 Å². The summed E-state index contributed by atoms with van der Waals surface area (Å²) in [4.78, 5) is 4.75. The summed E-state index contributed by atoms with van der Waals surface area (Å²) in [6.07, 6.45) is 0. The van der Waals surface area contributed by atoms with Crippen LogP contribution in [0.4, 0.5) is 5.69 Å². The summed E-state index contributed by atoms with van der Waals surface area (Å²) < 4.78 is 0. The fourth-order valence-corrected chi connectivity index (χ4v) is 2.35. The van der Waals surface area contributed by atoms with Crippen LogP contribution in [-0.2, 0) is 0 Å². The predicted molar refractivity (Wildman–Crippen MR) is 74.6 cm³/mol. The summed E-state index contributed by atoms with van der Waals surface area (Å²) in [5.41, 5.74) is 2.07. The molecular weight excluding hydrogens is 226 g/mol. The van der Waals surface area contributed by atoms with E-state index in [0.29, 0.717) is 0 Å². The Kier molecular flexibility index (Phi) is 4.20. The van der Waals surface area contributed by atoms with Crippen molar-refractivity contribution in [3.8, 4) is 0 Å². The SMILES string of the molecule is C/C(=N/O)[C@H](C)N1CCN(c2ccccc2)CC1. The third-order valence-electron chi connectivity index (χ3n) is 3.75. The lowest BCUT2D eigenvalue weighted by molar-refractivity contribution is 0.231. The normalized spacial score (nSPS) is 19.9. The van der Waals surface area contributed by atoms with Gasteiger partial charge >= 0.3 is 0 Å². The highest BCUT2D eigenvalue weighted by atomic mass is 16.4. The maximum absolute atomic E-state index is 8.82. The molecule has 0 bridgehead atoms. The van der Waals surface area contributed by atoms with Crippen LogP contribution in [0.15, 0.2) is 35.5 Å². The zero-order valence-corrected chi connectivity index (χ0v) is 11.1. The van der Waals surface area contributed by atoms with Gasteiger partial charge in [-0.3, -0.25) is 4.90 Å². The number of para-hydroxylation sites is 1. The first-order valence-electron chi connectivity index (χ1n) is 6.45. The number of hydrogen-bond acceptors (Lipinski definition) is 4. The van der Waals surface area contributed by atoms with Crippen molar-refractivity contribution in [1.82, 2.24) is 4.90 Å². The first-order chi connectivity index (χ1) is 8.72. The van der Waals surface area contributed by atoms with Gasteiger partial charge in [-0.2, -0.15) is 0 Å². The Balaban J connectivity index is 1.92. The molecule has 0 radical (unpaired) electrons. The Bertz CT molecular complexity index is 397. The van der Waals surface area contributed by atoms with Crippen molar-refractivity contribution in [3.63, 3.8) is 0 Å². The van der Waals surface area contributed by atoms with Gasteiger partial charge in [-0.25, -0.2) is 0 Å². The molecule has 0 aliphatic carbocycles. The molecule has 0 amide bonds. The van der Waals surface area contributed by atoms with E-state index in [0.717, 1.165) is 31.9 Å². The highest BCUT2D eigenvalue weighted by Gasteiger charge is 2.22. The van der Waals surface area contributed by atoms with Crippen LogP contribution in [0.3, 0.4) is 0 Å². The number of benzene rings is 1. The molecular formula is C14H21N3O. The minimum atomic E-state index is 0.216. The van der Waals surface area contributed by atoms with E-state index in [1.807, 2.05) is 13.0 Å². The lowest BCUT2D eigenvalue weighted by Crippen LogP contribution is -2.51. The largest absolute Gasteiger partial charge is 0.411 e. The van der Waals surface area contributed by atoms with Crippen LogP contribution >= 0.6 is 0 Å². The third kappa shape index (κ3) is 2.82. The van der Waals surface area contributed by atoms with Gasteiger partial charge in [-0.05, 0) is 26.0 Å². The van der Waals surface area contributed by atoms with E-state index in [1.165, 1.54) is 5.69 Å². The van der Waals surface area contributed by atoms with Crippen molar-refractivity contribution in [1.29, 1.82) is 0 Å². The second-order valence-corrected chi connectivity index (χ2v) is 4.78. The van der Waals surface area contributed by atoms with E-state index in [9.17, 15) is 0 Å². The topological polar surface area (TPSA) is 39.1 Å². The van der Waals surface area contributed by atoms with E-state index >= 15 is 0 Å². The van der Waals surface area contributed by atoms with E-state index in [1.54, 1.807) is 0 Å². The quantitative estimate of drug-likeness (QED) is 0.505. The molecule has 0 unspecified atom stereocenters. The monoisotopic (exact) mass is 247 g/mol. The molecule has 0 spiro atoms. The number of nitrogens with zero attached hydrogens (tertiary/aromatic N) is 3. The van der Waals surface area contributed by atoms with E-state index in [2.05, 4.69) is 46.1 Å². The molecule has 18 heavy (non-hydrogen) atoms. The molecule has 1 saturated heterocycles. The van der Waals surface area contributed by atoms with Crippen molar-refractivity contribution in [2.75, 3.05) is 31.1 Å². The van der Waals surface area contributed by atoms with Crippen LogP contribution in [-0.4, -0.2) is 48.0 Å². The molecule has 1 aromatic carbocycles. The van der Waals surface area contributed by atoms with Gasteiger partial charge in [-0.1, -0.05) is 23.4 Å². The van der Waals surface area contributed by atoms with Crippen molar-refractivity contribution >= 4 is 11.4 Å². The first-order valence-corrected chi connectivity index (χ1v) is 6.45. The van der Waals surface area contributed by atoms with E-state index < -0.39 is 0 Å². The Morgan fingerprint density at radius 3 is 2.33 bits per heavy atom. The molecule has 1 aliphatic heterocycles. The zero-order chi connectivity index (χ0) is 13.0. The fourth-order valence-electron chi connectivity index (χ4n) is 2.35. The molecule has 0 aromatic heterocycles. The number of anilines is 1. The zero-order valence-electron chi connectivity index (χ0n) is 11.1. The van der Waals surface area contributed by atoms with Crippen LogP contribution in [0.25, 0.3) is 0 Å². The van der Waals surface area contributed by atoms with Gasteiger partial charge in [-0.15, -0.1) is 0 Å². The Labute approximate surface area is 109 Å². The molecule has 98 valence electrons. The lowest BCUT2D eigenvalue weighted by Gasteiger charge is -2.38. The summed E-state index contributed by atoms with van der Waals surface area (Å²) in [5.74, 6) is 0. The van der Waals surface area contributed by atoms with Crippen molar-refractivity contribution < 1.29 is 5.21 Å². The van der Waals surface area contributed by atoms with Gasteiger partial charge < -0.3 is 10.1 Å². The molecule has 1 fully saturated rings. The van der Waals surface area contributed by atoms with Gasteiger partial charge in [0, 0.05) is 37.9 Å². The van der Waals surface area contributed by atoms with Gasteiger partial charge in [0.2, 0.25) is 0 Å². The average molecular weight is 247 g/mol. The van der Waals surface area contributed by atoms with Crippen molar-refractivity contribution in [2.45, 2.75) is 19.9 Å². The van der Waals surface area contributed by atoms with Crippen molar-refractivity contribution in [3.05, 3.63) is 30.3 Å². The molecule has 4 heteroatoms. The highest BCUT2D eigenvalue weighted by Crippen LogP contribution is 2.16. The second-order valence-electron chi connectivity index (χ2n) is 4.78. The molecule has 1 atom stereocenters. The molecule has 2 rings (SSSR count). The summed E-state index contributed by atoms with van der Waals surface area (Å²) >= 11 is 0. The van der Waals surface area contributed by atoms with E-state index in [4.69, 9.17) is 5.21 Å². The molecule has 4 nitrogen and oxygen atoms in total. The maximum Gasteiger partial charge on any atom is 0.0708 e. The maximum atomic E-state index is 8.82. The summed E-state index contributed by atoms with van der Waals surface area (Å²) in [7, 11) is 0. The van der Waals surface area contributed by atoms with Crippen LogP contribution in [0.1, 0.15) is 13.8 Å². The van der Waals surface area contributed by atoms with E-state index in [-0.39, 0.29) is 6.04 Å². The summed E-state index contributed by atoms with van der Waals surface area (Å²) in [5, 5.41) is 12.1. The molecule has 0 saturated carbocycles. The first kappa shape index (κ1) is 12.9. The molecule has 1 aliphatic rings. The number of oxime groups is 1. The average Bonchev–Trinajstić information content (AvgIpc) is 2.47. The number of rotatable bonds is 3. The van der Waals surface area contributed by atoms with Gasteiger partial charge in [0.15, 0.2) is 0 Å². The summed E-state index contributed by atoms with van der Waals surface area (Å²) in [6, 6.07) is 10.7. The van der Waals surface area contributed by atoms with Crippen LogP contribution in [0.2, 0.25) is 0 Å². The van der Waals surface area contributed by atoms with Gasteiger partial charge in [0.05, 0.1) is 5.71 Å². The van der Waals surface area contributed by atoms with Crippen LogP contribution in [0.5, 0.6) is 0 Å².